The Morgan fingerprint density at radius 3 is 2.73 bits per heavy atom. The summed E-state index contributed by atoms with van der Waals surface area (Å²) in [5.74, 6) is 1.77. The highest BCUT2D eigenvalue weighted by molar-refractivity contribution is 5.87. The van der Waals surface area contributed by atoms with Gasteiger partial charge in [0.05, 0.1) is 12.3 Å². The lowest BCUT2D eigenvalue weighted by Crippen LogP contribution is -1.96. The van der Waals surface area contributed by atoms with E-state index in [1.807, 2.05) is 13.0 Å². The fourth-order valence-corrected chi connectivity index (χ4v) is 2.17. The van der Waals surface area contributed by atoms with Gasteiger partial charge in [0.15, 0.2) is 11.5 Å². The molecule has 22 heavy (non-hydrogen) atoms. The third kappa shape index (κ3) is 2.88. The van der Waals surface area contributed by atoms with Gasteiger partial charge in [0.25, 0.3) is 0 Å². The third-order valence-corrected chi connectivity index (χ3v) is 3.30. The van der Waals surface area contributed by atoms with Crippen molar-refractivity contribution in [2.24, 2.45) is 4.99 Å². The molecule has 0 spiro atoms. The number of fused-ring (bicyclic) bond motifs is 1. The summed E-state index contributed by atoms with van der Waals surface area (Å²) in [5, 5.41) is 0. The van der Waals surface area contributed by atoms with E-state index in [1.54, 1.807) is 31.3 Å². The van der Waals surface area contributed by atoms with E-state index in [2.05, 4.69) is 4.99 Å². The van der Waals surface area contributed by atoms with Crippen LogP contribution in [-0.2, 0) is 0 Å². The number of aliphatic imine (C=N–C) groups is 1. The van der Waals surface area contributed by atoms with Crippen molar-refractivity contribution >= 4 is 11.9 Å². The van der Waals surface area contributed by atoms with Crippen LogP contribution in [0.5, 0.6) is 17.2 Å². The zero-order valence-corrected chi connectivity index (χ0v) is 12.4. The molecule has 3 rings (SSSR count). The summed E-state index contributed by atoms with van der Waals surface area (Å²) < 4.78 is 29.6. The Balaban J connectivity index is 1.93. The summed E-state index contributed by atoms with van der Waals surface area (Å²) in [5.41, 5.74) is 2.03. The lowest BCUT2D eigenvalue weighted by molar-refractivity contribution is 0.174. The average molecular weight is 301 g/mol. The molecule has 0 atom stereocenters. The van der Waals surface area contributed by atoms with Gasteiger partial charge in [-0.1, -0.05) is 0 Å². The predicted octanol–water partition coefficient (Wildman–Crippen LogP) is 4.01. The first-order valence-electron chi connectivity index (χ1n) is 7.04. The number of halogens is 1. The minimum atomic E-state index is -0.239. The van der Waals surface area contributed by atoms with E-state index in [1.165, 1.54) is 6.07 Å². The molecule has 0 bridgehead atoms. The van der Waals surface area contributed by atoms with E-state index in [0.717, 1.165) is 5.56 Å². The molecular formula is C17H16FNO3. The molecule has 2 aromatic rings. The Morgan fingerprint density at radius 1 is 1.23 bits per heavy atom. The highest BCUT2D eigenvalue weighted by Gasteiger charge is 2.17. The molecule has 0 aliphatic carbocycles. The first kappa shape index (κ1) is 14.4. The van der Waals surface area contributed by atoms with Crippen molar-refractivity contribution in [3.8, 4) is 17.2 Å². The standard InChI is InChI=1S/C17H16FNO3/c1-3-20-15-8-17-16(21-10-22-17)7-12(15)9-19-13-4-5-14(18)11(2)6-13/h4-9H,3,10H2,1-2H3. The fourth-order valence-electron chi connectivity index (χ4n) is 2.17. The molecule has 0 fully saturated rings. The minimum absolute atomic E-state index is 0.207. The zero-order chi connectivity index (χ0) is 15.5. The van der Waals surface area contributed by atoms with Crippen LogP contribution in [0.2, 0.25) is 0 Å². The van der Waals surface area contributed by atoms with Gasteiger partial charge in [-0.3, -0.25) is 4.99 Å². The third-order valence-electron chi connectivity index (χ3n) is 3.30. The van der Waals surface area contributed by atoms with Crippen LogP contribution in [-0.4, -0.2) is 19.6 Å². The molecule has 1 heterocycles. The molecule has 0 N–H and O–H groups in total. The second kappa shape index (κ2) is 6.05. The normalized spacial score (nSPS) is 12.9. The number of nitrogens with zero attached hydrogens (tertiary/aromatic N) is 1. The molecule has 4 nitrogen and oxygen atoms in total. The maximum Gasteiger partial charge on any atom is 0.231 e. The van der Waals surface area contributed by atoms with E-state index in [-0.39, 0.29) is 12.6 Å². The Morgan fingerprint density at radius 2 is 2.00 bits per heavy atom. The maximum absolute atomic E-state index is 13.3. The molecular weight excluding hydrogens is 285 g/mol. The van der Waals surface area contributed by atoms with Gasteiger partial charge in [-0.2, -0.15) is 0 Å². The molecule has 0 saturated carbocycles. The van der Waals surface area contributed by atoms with Gasteiger partial charge in [0, 0.05) is 17.8 Å². The van der Waals surface area contributed by atoms with Crippen molar-refractivity contribution in [3.63, 3.8) is 0 Å². The van der Waals surface area contributed by atoms with Crippen LogP contribution >= 0.6 is 0 Å². The van der Waals surface area contributed by atoms with Crippen molar-refractivity contribution in [2.75, 3.05) is 13.4 Å². The molecule has 114 valence electrons. The SMILES string of the molecule is CCOc1cc2c(cc1C=Nc1ccc(F)c(C)c1)OCO2. The Labute approximate surface area is 128 Å². The van der Waals surface area contributed by atoms with Gasteiger partial charge in [0.1, 0.15) is 11.6 Å². The van der Waals surface area contributed by atoms with Crippen LogP contribution in [0.1, 0.15) is 18.1 Å². The second-order valence-electron chi connectivity index (χ2n) is 4.87. The number of rotatable bonds is 4. The first-order chi connectivity index (χ1) is 10.7. The van der Waals surface area contributed by atoms with Crippen molar-refractivity contribution in [3.05, 3.63) is 47.3 Å². The highest BCUT2D eigenvalue weighted by atomic mass is 19.1. The van der Waals surface area contributed by atoms with Gasteiger partial charge in [-0.15, -0.1) is 0 Å². The molecule has 0 saturated heterocycles. The first-order valence-corrected chi connectivity index (χ1v) is 7.04. The van der Waals surface area contributed by atoms with Crippen molar-refractivity contribution in [1.82, 2.24) is 0 Å². The summed E-state index contributed by atoms with van der Waals surface area (Å²) in [4.78, 5) is 4.38. The van der Waals surface area contributed by atoms with Gasteiger partial charge in [-0.05, 0) is 43.7 Å². The number of hydrogen-bond donors (Lipinski definition) is 0. The van der Waals surface area contributed by atoms with Crippen LogP contribution in [0.25, 0.3) is 0 Å². The Kier molecular flexibility index (Phi) is 3.96. The van der Waals surface area contributed by atoms with Crippen molar-refractivity contribution < 1.29 is 18.6 Å². The quantitative estimate of drug-likeness (QED) is 0.801. The topological polar surface area (TPSA) is 40.0 Å². The monoisotopic (exact) mass is 301 g/mol. The van der Waals surface area contributed by atoms with Crippen LogP contribution in [0, 0.1) is 12.7 Å². The highest BCUT2D eigenvalue weighted by Crippen LogP contribution is 2.37. The van der Waals surface area contributed by atoms with Crippen molar-refractivity contribution in [1.29, 1.82) is 0 Å². The van der Waals surface area contributed by atoms with E-state index in [0.29, 0.717) is 35.1 Å². The molecule has 0 radical (unpaired) electrons. The second-order valence-corrected chi connectivity index (χ2v) is 4.87. The molecule has 0 unspecified atom stereocenters. The molecule has 0 aromatic heterocycles. The fraction of sp³-hybridized carbons (Fsp3) is 0.235. The largest absolute Gasteiger partial charge is 0.493 e. The number of ether oxygens (including phenoxy) is 3. The van der Waals surface area contributed by atoms with E-state index >= 15 is 0 Å². The lowest BCUT2D eigenvalue weighted by atomic mass is 10.2. The lowest BCUT2D eigenvalue weighted by Gasteiger charge is -2.08. The Bertz CT molecular complexity index is 728. The number of aryl methyl sites for hydroxylation is 1. The maximum atomic E-state index is 13.3. The van der Waals surface area contributed by atoms with Crippen LogP contribution in [0.15, 0.2) is 35.3 Å². The summed E-state index contributed by atoms with van der Waals surface area (Å²) in [6, 6.07) is 8.35. The Hall–Kier alpha value is -2.56. The van der Waals surface area contributed by atoms with Crippen molar-refractivity contribution in [2.45, 2.75) is 13.8 Å². The van der Waals surface area contributed by atoms with Gasteiger partial charge < -0.3 is 14.2 Å². The average Bonchev–Trinajstić information content (AvgIpc) is 2.96. The smallest absolute Gasteiger partial charge is 0.231 e. The summed E-state index contributed by atoms with van der Waals surface area (Å²) >= 11 is 0. The predicted molar refractivity (Wildman–Crippen MR) is 82.1 cm³/mol. The number of hydrogen-bond acceptors (Lipinski definition) is 4. The minimum Gasteiger partial charge on any atom is -0.493 e. The number of benzene rings is 2. The molecule has 5 heteroatoms. The zero-order valence-electron chi connectivity index (χ0n) is 12.4. The van der Waals surface area contributed by atoms with Crippen LogP contribution < -0.4 is 14.2 Å². The summed E-state index contributed by atoms with van der Waals surface area (Å²) in [6.45, 7) is 4.37. The van der Waals surface area contributed by atoms with Crippen LogP contribution in [0.4, 0.5) is 10.1 Å². The molecule has 1 aliphatic heterocycles. The van der Waals surface area contributed by atoms with Gasteiger partial charge >= 0.3 is 0 Å². The van der Waals surface area contributed by atoms with E-state index in [4.69, 9.17) is 14.2 Å². The molecule has 0 amide bonds. The summed E-state index contributed by atoms with van der Waals surface area (Å²) in [6.07, 6.45) is 1.68. The van der Waals surface area contributed by atoms with E-state index < -0.39 is 0 Å². The van der Waals surface area contributed by atoms with Crippen LogP contribution in [0.3, 0.4) is 0 Å². The molecule has 2 aromatic carbocycles. The van der Waals surface area contributed by atoms with E-state index in [9.17, 15) is 4.39 Å². The van der Waals surface area contributed by atoms with Gasteiger partial charge in [-0.25, -0.2) is 4.39 Å². The van der Waals surface area contributed by atoms with Gasteiger partial charge in [0.2, 0.25) is 6.79 Å². The summed E-state index contributed by atoms with van der Waals surface area (Å²) in [7, 11) is 0. The molecule has 1 aliphatic rings.